The Kier molecular flexibility index (Phi) is 6.36. The summed E-state index contributed by atoms with van der Waals surface area (Å²) in [7, 11) is 1.59. The number of carbonyl (C=O) groups is 2. The average Bonchev–Trinajstić information content (AvgIpc) is 2.45. The Morgan fingerprint density at radius 3 is 2.47 bits per heavy atom. The molecule has 0 bridgehead atoms. The Labute approximate surface area is 113 Å². The van der Waals surface area contributed by atoms with Crippen molar-refractivity contribution < 1.29 is 9.59 Å². The number of nitrogens with one attached hydrogen (secondary N) is 2. The Hall–Kier alpha value is -2.10. The normalized spacial score (nSPS) is 10.4. The predicted molar refractivity (Wildman–Crippen MR) is 76.8 cm³/mol. The number of unbranched alkanes of at least 4 members (excludes halogenated alkanes) is 1. The Bertz CT molecular complexity index is 450. The highest BCUT2D eigenvalue weighted by Gasteiger charge is 2.01. The molecule has 0 radical (unpaired) electrons. The van der Waals surface area contributed by atoms with Crippen LogP contribution in [0.5, 0.6) is 0 Å². The van der Waals surface area contributed by atoms with Crippen molar-refractivity contribution >= 4 is 17.9 Å². The summed E-state index contributed by atoms with van der Waals surface area (Å²) in [6.45, 7) is 2.78. The number of rotatable bonds is 6. The highest BCUT2D eigenvalue weighted by Crippen LogP contribution is 2.06. The van der Waals surface area contributed by atoms with Gasteiger partial charge in [0.2, 0.25) is 5.91 Å². The molecular formula is C15H20N2O2. The zero-order chi connectivity index (χ0) is 14.1. The molecule has 0 unspecified atom stereocenters. The molecule has 102 valence electrons. The van der Waals surface area contributed by atoms with Crippen LogP contribution in [0, 0.1) is 0 Å². The largest absolute Gasteiger partial charge is 0.355 e. The SMILES string of the molecule is CCCCNC(=O)/C=C/c1ccc(C(=O)NC)cc1. The summed E-state index contributed by atoms with van der Waals surface area (Å²) in [6, 6.07) is 7.07. The predicted octanol–water partition coefficient (Wildman–Crippen LogP) is 1.98. The molecule has 19 heavy (non-hydrogen) atoms. The van der Waals surface area contributed by atoms with Crippen LogP contribution in [0.2, 0.25) is 0 Å². The van der Waals surface area contributed by atoms with E-state index in [4.69, 9.17) is 0 Å². The summed E-state index contributed by atoms with van der Waals surface area (Å²) >= 11 is 0. The van der Waals surface area contributed by atoms with Crippen LogP contribution in [0.25, 0.3) is 6.08 Å². The molecule has 4 heteroatoms. The molecule has 4 nitrogen and oxygen atoms in total. The van der Waals surface area contributed by atoms with Gasteiger partial charge in [-0.3, -0.25) is 9.59 Å². The van der Waals surface area contributed by atoms with Crippen molar-refractivity contribution in [3.05, 3.63) is 41.5 Å². The van der Waals surface area contributed by atoms with Crippen molar-refractivity contribution in [3.63, 3.8) is 0 Å². The summed E-state index contributed by atoms with van der Waals surface area (Å²) in [5, 5.41) is 5.36. The van der Waals surface area contributed by atoms with Gasteiger partial charge in [0.05, 0.1) is 0 Å². The minimum atomic E-state index is -0.118. The monoisotopic (exact) mass is 260 g/mol. The Balaban J connectivity index is 2.53. The van der Waals surface area contributed by atoms with Crippen molar-refractivity contribution in [3.8, 4) is 0 Å². The smallest absolute Gasteiger partial charge is 0.251 e. The average molecular weight is 260 g/mol. The summed E-state index contributed by atoms with van der Waals surface area (Å²) in [5.74, 6) is -0.211. The third-order valence-corrected chi connectivity index (χ3v) is 2.66. The van der Waals surface area contributed by atoms with Crippen LogP contribution in [-0.2, 0) is 4.79 Å². The second-order valence-corrected chi connectivity index (χ2v) is 4.18. The fourth-order valence-corrected chi connectivity index (χ4v) is 1.51. The molecular weight excluding hydrogens is 240 g/mol. The van der Waals surface area contributed by atoms with E-state index in [1.165, 1.54) is 6.08 Å². The lowest BCUT2D eigenvalue weighted by Crippen LogP contribution is -2.21. The van der Waals surface area contributed by atoms with Crippen LogP contribution in [0.3, 0.4) is 0 Å². The molecule has 0 aromatic heterocycles. The molecule has 2 amide bonds. The standard InChI is InChI=1S/C15H20N2O2/c1-3-4-11-17-14(18)10-7-12-5-8-13(9-6-12)15(19)16-2/h5-10H,3-4,11H2,1-2H3,(H,16,19)(H,17,18)/b10-7+. The van der Waals surface area contributed by atoms with E-state index in [9.17, 15) is 9.59 Å². The maximum absolute atomic E-state index is 11.5. The van der Waals surface area contributed by atoms with Crippen LogP contribution in [0.15, 0.2) is 30.3 Å². The molecule has 1 aromatic rings. The number of hydrogen-bond donors (Lipinski definition) is 2. The first kappa shape index (κ1) is 15.0. The Morgan fingerprint density at radius 1 is 1.21 bits per heavy atom. The van der Waals surface area contributed by atoms with Gasteiger partial charge >= 0.3 is 0 Å². The van der Waals surface area contributed by atoms with Gasteiger partial charge in [-0.25, -0.2) is 0 Å². The van der Waals surface area contributed by atoms with E-state index in [2.05, 4.69) is 17.6 Å². The van der Waals surface area contributed by atoms with Crippen LogP contribution >= 0.6 is 0 Å². The van der Waals surface area contributed by atoms with Crippen molar-refractivity contribution in [2.24, 2.45) is 0 Å². The number of amides is 2. The van der Waals surface area contributed by atoms with Crippen molar-refractivity contribution in [1.29, 1.82) is 0 Å². The minimum Gasteiger partial charge on any atom is -0.355 e. The summed E-state index contributed by atoms with van der Waals surface area (Å²) < 4.78 is 0. The van der Waals surface area contributed by atoms with E-state index in [0.717, 1.165) is 18.4 Å². The van der Waals surface area contributed by atoms with Gasteiger partial charge in [-0.2, -0.15) is 0 Å². The zero-order valence-electron chi connectivity index (χ0n) is 11.4. The van der Waals surface area contributed by atoms with Gasteiger partial charge < -0.3 is 10.6 Å². The third kappa shape index (κ3) is 5.38. The quantitative estimate of drug-likeness (QED) is 0.607. The van der Waals surface area contributed by atoms with E-state index in [0.29, 0.717) is 12.1 Å². The van der Waals surface area contributed by atoms with E-state index in [1.807, 2.05) is 0 Å². The fraction of sp³-hybridized carbons (Fsp3) is 0.333. The molecule has 2 N–H and O–H groups in total. The highest BCUT2D eigenvalue weighted by molar-refractivity contribution is 5.94. The second-order valence-electron chi connectivity index (χ2n) is 4.18. The Morgan fingerprint density at radius 2 is 1.89 bits per heavy atom. The molecule has 1 aromatic carbocycles. The van der Waals surface area contributed by atoms with Gasteiger partial charge in [0.15, 0.2) is 0 Å². The van der Waals surface area contributed by atoms with E-state index < -0.39 is 0 Å². The topological polar surface area (TPSA) is 58.2 Å². The molecule has 0 fully saturated rings. The zero-order valence-corrected chi connectivity index (χ0v) is 11.4. The lowest BCUT2D eigenvalue weighted by Gasteiger charge is -2.01. The first-order valence-electron chi connectivity index (χ1n) is 6.45. The van der Waals surface area contributed by atoms with Crippen LogP contribution in [0.1, 0.15) is 35.7 Å². The summed E-state index contributed by atoms with van der Waals surface area (Å²) in [6.07, 6.45) is 5.28. The van der Waals surface area contributed by atoms with E-state index in [1.54, 1.807) is 37.4 Å². The lowest BCUT2D eigenvalue weighted by atomic mass is 10.1. The van der Waals surface area contributed by atoms with Gasteiger partial charge in [-0.15, -0.1) is 0 Å². The summed E-state index contributed by atoms with van der Waals surface area (Å²) in [5.41, 5.74) is 1.49. The fourth-order valence-electron chi connectivity index (χ4n) is 1.51. The molecule has 0 saturated heterocycles. The first-order chi connectivity index (χ1) is 9.17. The first-order valence-corrected chi connectivity index (χ1v) is 6.45. The highest BCUT2D eigenvalue weighted by atomic mass is 16.2. The van der Waals surface area contributed by atoms with Gasteiger partial charge in [0.25, 0.3) is 5.91 Å². The third-order valence-electron chi connectivity index (χ3n) is 2.66. The molecule has 0 aliphatic carbocycles. The maximum Gasteiger partial charge on any atom is 0.251 e. The molecule has 0 aliphatic heterocycles. The van der Waals surface area contributed by atoms with Crippen molar-refractivity contribution in [2.45, 2.75) is 19.8 Å². The maximum atomic E-state index is 11.5. The molecule has 0 atom stereocenters. The molecule has 0 heterocycles. The van der Waals surface area contributed by atoms with Gasteiger partial charge in [-0.1, -0.05) is 25.5 Å². The van der Waals surface area contributed by atoms with Crippen LogP contribution in [-0.4, -0.2) is 25.4 Å². The van der Waals surface area contributed by atoms with Crippen LogP contribution in [0.4, 0.5) is 0 Å². The van der Waals surface area contributed by atoms with Gasteiger partial charge in [-0.05, 0) is 30.2 Å². The minimum absolute atomic E-state index is 0.0937. The van der Waals surface area contributed by atoms with Crippen molar-refractivity contribution in [2.75, 3.05) is 13.6 Å². The van der Waals surface area contributed by atoms with E-state index in [-0.39, 0.29) is 11.8 Å². The molecule has 0 aliphatic rings. The number of hydrogen-bond acceptors (Lipinski definition) is 2. The number of carbonyl (C=O) groups excluding carboxylic acids is 2. The lowest BCUT2D eigenvalue weighted by molar-refractivity contribution is -0.116. The second kappa shape index (κ2) is 8.08. The number of benzene rings is 1. The molecule has 1 rings (SSSR count). The molecule has 0 saturated carbocycles. The van der Waals surface area contributed by atoms with Gasteiger partial charge in [0, 0.05) is 25.2 Å². The molecule has 0 spiro atoms. The summed E-state index contributed by atoms with van der Waals surface area (Å²) in [4.78, 5) is 22.8. The van der Waals surface area contributed by atoms with Gasteiger partial charge in [0.1, 0.15) is 0 Å². The van der Waals surface area contributed by atoms with Crippen LogP contribution < -0.4 is 10.6 Å². The van der Waals surface area contributed by atoms with Crippen molar-refractivity contribution in [1.82, 2.24) is 10.6 Å². The van der Waals surface area contributed by atoms with E-state index >= 15 is 0 Å².